The summed E-state index contributed by atoms with van der Waals surface area (Å²) < 4.78 is 10.2. The van der Waals surface area contributed by atoms with Crippen LogP contribution < -0.4 is 9.47 Å². The van der Waals surface area contributed by atoms with E-state index in [4.69, 9.17) is 25.3 Å². The number of nitriles is 3. The van der Waals surface area contributed by atoms with Crippen LogP contribution in [-0.2, 0) is 0 Å². The summed E-state index contributed by atoms with van der Waals surface area (Å²) in [6, 6.07) is 10.3. The van der Waals surface area contributed by atoms with Gasteiger partial charge in [-0.1, -0.05) is 0 Å². The lowest BCUT2D eigenvalue weighted by atomic mass is 10.1. The zero-order valence-corrected chi connectivity index (χ0v) is 9.67. The van der Waals surface area contributed by atoms with Gasteiger partial charge in [-0.05, 0) is 18.2 Å². The lowest BCUT2D eigenvalue weighted by Crippen LogP contribution is -1.96. The lowest BCUT2D eigenvalue weighted by Gasteiger charge is -2.08. The molecule has 0 spiro atoms. The Hall–Kier alpha value is -2.97. The number of ether oxygens (including phenoxy) is 2. The summed E-state index contributed by atoms with van der Waals surface area (Å²) in [5.74, 6) is 0.953. The van der Waals surface area contributed by atoms with Gasteiger partial charge < -0.3 is 9.47 Å². The number of benzene rings is 1. The maximum atomic E-state index is 8.70. The molecule has 0 aromatic heterocycles. The second-order valence-corrected chi connectivity index (χ2v) is 3.13. The third kappa shape index (κ3) is 3.27. The van der Waals surface area contributed by atoms with Gasteiger partial charge in [0.05, 0.1) is 7.11 Å². The largest absolute Gasteiger partial charge is 0.497 e. The molecule has 0 atom stereocenters. The van der Waals surface area contributed by atoms with Crippen LogP contribution in [0.5, 0.6) is 11.5 Å². The SMILES string of the molecule is COc1ccc(C=C(C#N)C#N)c(OCC#N)c1. The molecule has 0 aliphatic heterocycles. The van der Waals surface area contributed by atoms with E-state index in [1.54, 1.807) is 30.3 Å². The minimum atomic E-state index is -0.123. The van der Waals surface area contributed by atoms with Crippen LogP contribution in [0.2, 0.25) is 0 Å². The molecule has 1 aromatic rings. The van der Waals surface area contributed by atoms with Crippen molar-refractivity contribution in [2.75, 3.05) is 13.7 Å². The molecule has 5 nitrogen and oxygen atoms in total. The van der Waals surface area contributed by atoms with E-state index in [9.17, 15) is 0 Å². The van der Waals surface area contributed by atoms with Crippen molar-refractivity contribution in [3.8, 4) is 29.7 Å². The van der Waals surface area contributed by atoms with Crippen LogP contribution >= 0.6 is 0 Å². The summed E-state index contributed by atoms with van der Waals surface area (Å²) in [6.45, 7) is -0.123. The Morgan fingerprint density at radius 1 is 1.28 bits per heavy atom. The lowest BCUT2D eigenvalue weighted by molar-refractivity contribution is 0.360. The number of rotatable bonds is 4. The normalized spacial score (nSPS) is 8.33. The van der Waals surface area contributed by atoms with Crippen molar-refractivity contribution >= 4 is 6.08 Å². The molecule has 88 valence electrons. The first kappa shape index (κ1) is 13.1. The van der Waals surface area contributed by atoms with Crippen LogP contribution in [0.15, 0.2) is 23.8 Å². The van der Waals surface area contributed by atoms with Crippen LogP contribution in [-0.4, -0.2) is 13.7 Å². The molecule has 0 radical (unpaired) electrons. The van der Waals surface area contributed by atoms with Crippen LogP contribution in [0.4, 0.5) is 0 Å². The summed E-state index contributed by atoms with van der Waals surface area (Å²) in [6.07, 6.45) is 1.39. The molecule has 0 amide bonds. The molecule has 0 aliphatic rings. The van der Waals surface area contributed by atoms with Gasteiger partial charge in [-0.2, -0.15) is 15.8 Å². The molecular formula is C13H9N3O2. The maximum Gasteiger partial charge on any atom is 0.174 e. The highest BCUT2D eigenvalue weighted by molar-refractivity contribution is 5.67. The van der Waals surface area contributed by atoms with Crippen LogP contribution in [0, 0.1) is 34.0 Å². The minimum absolute atomic E-state index is 0.0398. The maximum absolute atomic E-state index is 8.70. The molecule has 5 heteroatoms. The zero-order valence-electron chi connectivity index (χ0n) is 9.67. The van der Waals surface area contributed by atoms with E-state index in [2.05, 4.69) is 0 Å². The summed E-state index contributed by atoms with van der Waals surface area (Å²) in [7, 11) is 1.51. The Labute approximate surface area is 105 Å². The third-order valence-electron chi connectivity index (χ3n) is 2.05. The van der Waals surface area contributed by atoms with E-state index in [-0.39, 0.29) is 12.2 Å². The molecule has 0 saturated heterocycles. The fourth-order valence-electron chi connectivity index (χ4n) is 1.24. The Bertz CT molecular complexity index is 570. The molecule has 0 aliphatic carbocycles. The molecule has 1 rings (SSSR count). The van der Waals surface area contributed by atoms with Crippen molar-refractivity contribution in [1.82, 2.24) is 0 Å². The average molecular weight is 239 g/mol. The fraction of sp³-hybridized carbons (Fsp3) is 0.154. The number of hydrogen-bond acceptors (Lipinski definition) is 5. The van der Waals surface area contributed by atoms with Gasteiger partial charge in [-0.15, -0.1) is 0 Å². The van der Waals surface area contributed by atoms with Crippen molar-refractivity contribution in [1.29, 1.82) is 15.8 Å². The van der Waals surface area contributed by atoms with Gasteiger partial charge in [0.1, 0.15) is 35.3 Å². The van der Waals surface area contributed by atoms with Crippen LogP contribution in [0.25, 0.3) is 6.08 Å². The smallest absolute Gasteiger partial charge is 0.174 e. The Balaban J connectivity index is 3.19. The molecular weight excluding hydrogens is 230 g/mol. The Morgan fingerprint density at radius 2 is 2.00 bits per heavy atom. The Kier molecular flexibility index (Phi) is 4.79. The van der Waals surface area contributed by atoms with Gasteiger partial charge >= 0.3 is 0 Å². The highest BCUT2D eigenvalue weighted by Gasteiger charge is 2.05. The van der Waals surface area contributed by atoms with Gasteiger partial charge in [0, 0.05) is 11.6 Å². The van der Waals surface area contributed by atoms with E-state index in [1.165, 1.54) is 13.2 Å². The van der Waals surface area contributed by atoms with Gasteiger partial charge in [0.2, 0.25) is 0 Å². The first-order valence-corrected chi connectivity index (χ1v) is 4.94. The standard InChI is InChI=1S/C13H9N3O2/c1-17-12-3-2-11(6-10(8-15)9-16)13(7-12)18-5-4-14/h2-3,6-7H,5H2,1H3. The molecule has 0 N–H and O–H groups in total. The van der Waals surface area contributed by atoms with Gasteiger partial charge in [0.25, 0.3) is 0 Å². The quantitative estimate of drug-likeness (QED) is 0.750. The highest BCUT2D eigenvalue weighted by Crippen LogP contribution is 2.26. The molecule has 0 bridgehead atoms. The number of nitrogens with zero attached hydrogens (tertiary/aromatic N) is 3. The third-order valence-corrected chi connectivity index (χ3v) is 2.05. The van der Waals surface area contributed by atoms with Crippen LogP contribution in [0.1, 0.15) is 5.56 Å². The van der Waals surface area contributed by atoms with E-state index in [0.717, 1.165) is 0 Å². The average Bonchev–Trinajstić information content (AvgIpc) is 2.43. The van der Waals surface area contributed by atoms with Crippen molar-refractivity contribution in [2.45, 2.75) is 0 Å². The van der Waals surface area contributed by atoms with Gasteiger partial charge in [-0.25, -0.2) is 0 Å². The highest BCUT2D eigenvalue weighted by atomic mass is 16.5. The summed E-state index contributed by atoms with van der Waals surface area (Å²) in [5.41, 5.74) is 0.506. The molecule has 0 unspecified atom stereocenters. The van der Waals surface area contributed by atoms with Gasteiger partial charge in [-0.3, -0.25) is 0 Å². The Morgan fingerprint density at radius 3 is 2.56 bits per heavy atom. The number of hydrogen-bond donors (Lipinski definition) is 0. The number of methoxy groups -OCH3 is 1. The van der Waals surface area contributed by atoms with Gasteiger partial charge in [0.15, 0.2) is 6.61 Å². The summed E-state index contributed by atoms with van der Waals surface area (Å²) in [4.78, 5) is 0. The topological polar surface area (TPSA) is 89.8 Å². The van der Waals surface area contributed by atoms with E-state index >= 15 is 0 Å². The first-order chi connectivity index (χ1) is 8.74. The molecule has 0 fully saturated rings. The first-order valence-electron chi connectivity index (χ1n) is 4.94. The van der Waals surface area contributed by atoms with Crippen molar-refractivity contribution in [2.24, 2.45) is 0 Å². The molecule has 18 heavy (non-hydrogen) atoms. The zero-order chi connectivity index (χ0) is 13.4. The monoisotopic (exact) mass is 239 g/mol. The van der Waals surface area contributed by atoms with Crippen LogP contribution in [0.3, 0.4) is 0 Å². The summed E-state index contributed by atoms with van der Waals surface area (Å²) in [5, 5.41) is 25.9. The minimum Gasteiger partial charge on any atom is -0.497 e. The van der Waals surface area contributed by atoms with E-state index < -0.39 is 0 Å². The van der Waals surface area contributed by atoms with Crippen molar-refractivity contribution in [3.05, 3.63) is 29.3 Å². The van der Waals surface area contributed by atoms with E-state index in [1.807, 2.05) is 6.07 Å². The molecule has 0 saturated carbocycles. The second-order valence-electron chi connectivity index (χ2n) is 3.13. The summed E-state index contributed by atoms with van der Waals surface area (Å²) >= 11 is 0. The predicted octanol–water partition coefficient (Wildman–Crippen LogP) is 2.03. The molecule has 1 aromatic carbocycles. The predicted molar refractivity (Wildman–Crippen MR) is 63.3 cm³/mol. The second kappa shape index (κ2) is 6.58. The fourth-order valence-corrected chi connectivity index (χ4v) is 1.24. The van der Waals surface area contributed by atoms with Crippen molar-refractivity contribution in [3.63, 3.8) is 0 Å². The van der Waals surface area contributed by atoms with Crippen molar-refractivity contribution < 1.29 is 9.47 Å². The number of allylic oxidation sites excluding steroid dienone is 1. The molecule has 0 heterocycles. The van der Waals surface area contributed by atoms with E-state index in [0.29, 0.717) is 17.1 Å².